The SMILES string of the molecule is Cl.N[C@H]1CCN(S(=O)(=O)c2ccc(F)c(F)c2F)C1. The Morgan fingerprint density at radius 1 is 1.21 bits per heavy atom. The summed E-state index contributed by atoms with van der Waals surface area (Å²) in [5, 5.41) is 0. The quantitative estimate of drug-likeness (QED) is 0.835. The Bertz CT molecular complexity index is 582. The van der Waals surface area contributed by atoms with Crippen LogP contribution >= 0.6 is 12.4 Å². The van der Waals surface area contributed by atoms with Gasteiger partial charge in [-0.2, -0.15) is 4.31 Å². The van der Waals surface area contributed by atoms with E-state index in [1.165, 1.54) is 0 Å². The largest absolute Gasteiger partial charge is 0.326 e. The van der Waals surface area contributed by atoms with Crippen LogP contribution in [0.3, 0.4) is 0 Å². The van der Waals surface area contributed by atoms with Crippen molar-refractivity contribution in [3.8, 4) is 0 Å². The van der Waals surface area contributed by atoms with E-state index in [9.17, 15) is 21.6 Å². The molecule has 1 aliphatic heterocycles. The van der Waals surface area contributed by atoms with Gasteiger partial charge in [-0.15, -0.1) is 12.4 Å². The molecule has 1 atom stereocenters. The van der Waals surface area contributed by atoms with Gasteiger partial charge in [-0.05, 0) is 18.6 Å². The maximum absolute atomic E-state index is 13.5. The van der Waals surface area contributed by atoms with Crippen molar-refractivity contribution < 1.29 is 21.6 Å². The number of hydrogen-bond donors (Lipinski definition) is 1. The Balaban J connectivity index is 0.00000180. The number of hydrogen-bond acceptors (Lipinski definition) is 3. The van der Waals surface area contributed by atoms with Crippen LogP contribution in [0.4, 0.5) is 13.2 Å². The zero-order valence-electron chi connectivity index (χ0n) is 9.64. The monoisotopic (exact) mass is 316 g/mol. The number of nitrogens with two attached hydrogens (primary N) is 1. The molecule has 0 bridgehead atoms. The van der Waals surface area contributed by atoms with Crippen molar-refractivity contribution in [1.82, 2.24) is 4.31 Å². The number of rotatable bonds is 2. The molecule has 0 unspecified atom stereocenters. The molecule has 1 fully saturated rings. The van der Waals surface area contributed by atoms with E-state index in [0.29, 0.717) is 18.6 Å². The van der Waals surface area contributed by atoms with E-state index >= 15 is 0 Å². The fraction of sp³-hybridized carbons (Fsp3) is 0.400. The second-order valence-corrected chi connectivity index (χ2v) is 5.99. The van der Waals surface area contributed by atoms with Crippen molar-refractivity contribution in [2.75, 3.05) is 13.1 Å². The van der Waals surface area contributed by atoms with Gasteiger partial charge >= 0.3 is 0 Å². The lowest BCUT2D eigenvalue weighted by Gasteiger charge is -2.16. The summed E-state index contributed by atoms with van der Waals surface area (Å²) in [4.78, 5) is -0.865. The first kappa shape index (κ1) is 16.2. The molecular formula is C10H12ClF3N2O2S. The summed E-state index contributed by atoms with van der Waals surface area (Å²) in [5.74, 6) is -4.92. The molecule has 4 nitrogen and oxygen atoms in total. The van der Waals surface area contributed by atoms with Crippen LogP contribution in [0.15, 0.2) is 17.0 Å². The molecule has 9 heteroatoms. The Hall–Kier alpha value is -0.830. The molecule has 19 heavy (non-hydrogen) atoms. The van der Waals surface area contributed by atoms with Gasteiger partial charge in [0, 0.05) is 19.1 Å². The first-order valence-electron chi connectivity index (χ1n) is 5.23. The van der Waals surface area contributed by atoms with Crippen molar-refractivity contribution in [3.05, 3.63) is 29.6 Å². The van der Waals surface area contributed by atoms with Gasteiger partial charge in [-0.25, -0.2) is 21.6 Å². The molecule has 0 spiro atoms. The second kappa shape index (κ2) is 5.66. The summed E-state index contributed by atoms with van der Waals surface area (Å²) in [6.07, 6.45) is 0.449. The van der Waals surface area contributed by atoms with Gasteiger partial charge in [0.2, 0.25) is 10.0 Å². The third-order valence-corrected chi connectivity index (χ3v) is 4.69. The van der Waals surface area contributed by atoms with E-state index in [4.69, 9.17) is 5.73 Å². The maximum atomic E-state index is 13.5. The summed E-state index contributed by atoms with van der Waals surface area (Å²) in [6, 6.07) is 0.974. The van der Waals surface area contributed by atoms with E-state index in [1.807, 2.05) is 0 Å². The molecule has 1 heterocycles. The summed E-state index contributed by atoms with van der Waals surface area (Å²) in [7, 11) is -4.17. The third kappa shape index (κ3) is 2.86. The average molecular weight is 317 g/mol. The van der Waals surface area contributed by atoms with Gasteiger partial charge in [0.05, 0.1) is 0 Å². The summed E-state index contributed by atoms with van der Waals surface area (Å²) in [5.41, 5.74) is 5.56. The number of halogens is 4. The fourth-order valence-electron chi connectivity index (χ4n) is 1.82. The van der Waals surface area contributed by atoms with Crippen LogP contribution in [-0.2, 0) is 10.0 Å². The minimum atomic E-state index is -4.17. The van der Waals surface area contributed by atoms with Crippen molar-refractivity contribution in [3.63, 3.8) is 0 Å². The van der Waals surface area contributed by atoms with E-state index in [2.05, 4.69) is 0 Å². The van der Waals surface area contributed by atoms with Crippen LogP contribution in [0.1, 0.15) is 6.42 Å². The molecule has 0 aromatic heterocycles. The highest BCUT2D eigenvalue weighted by molar-refractivity contribution is 7.89. The van der Waals surface area contributed by atoms with Crippen molar-refractivity contribution in [2.45, 2.75) is 17.4 Å². The predicted molar refractivity (Wildman–Crippen MR) is 64.9 cm³/mol. The molecule has 1 aromatic carbocycles. The first-order valence-corrected chi connectivity index (χ1v) is 6.67. The highest BCUT2D eigenvalue weighted by Crippen LogP contribution is 2.25. The molecule has 108 valence electrons. The standard InChI is InChI=1S/C10H11F3N2O2S.ClH/c11-7-1-2-8(10(13)9(7)12)18(16,17)15-4-3-6(14)5-15;/h1-2,6H,3-5,14H2;1H/t6-;/m0./s1. The Morgan fingerprint density at radius 2 is 1.84 bits per heavy atom. The average Bonchev–Trinajstić information content (AvgIpc) is 2.73. The lowest BCUT2D eigenvalue weighted by atomic mass is 10.3. The van der Waals surface area contributed by atoms with Crippen molar-refractivity contribution >= 4 is 22.4 Å². The molecule has 2 N–H and O–H groups in total. The minimum absolute atomic E-state index is 0. The lowest BCUT2D eigenvalue weighted by Crippen LogP contribution is -2.32. The lowest BCUT2D eigenvalue weighted by molar-refractivity contribution is 0.422. The van der Waals surface area contributed by atoms with E-state index < -0.39 is 32.4 Å². The number of nitrogens with zero attached hydrogens (tertiary/aromatic N) is 1. The Morgan fingerprint density at radius 3 is 2.37 bits per heavy atom. The van der Waals surface area contributed by atoms with Crippen LogP contribution in [0.2, 0.25) is 0 Å². The predicted octanol–water partition coefficient (Wildman–Crippen LogP) is 1.25. The highest BCUT2D eigenvalue weighted by atomic mass is 35.5. The highest BCUT2D eigenvalue weighted by Gasteiger charge is 2.34. The zero-order valence-corrected chi connectivity index (χ0v) is 11.3. The van der Waals surface area contributed by atoms with Crippen LogP contribution in [0.5, 0.6) is 0 Å². The van der Waals surface area contributed by atoms with Gasteiger partial charge in [-0.3, -0.25) is 0 Å². The van der Waals surface area contributed by atoms with Crippen molar-refractivity contribution in [2.24, 2.45) is 5.73 Å². The van der Waals surface area contributed by atoms with E-state index in [0.717, 1.165) is 4.31 Å². The van der Waals surface area contributed by atoms with Crippen LogP contribution < -0.4 is 5.73 Å². The molecule has 0 radical (unpaired) electrons. The van der Waals surface area contributed by atoms with Gasteiger partial charge < -0.3 is 5.73 Å². The summed E-state index contributed by atoms with van der Waals surface area (Å²) < 4.78 is 64.2. The smallest absolute Gasteiger partial charge is 0.246 e. The van der Waals surface area contributed by atoms with Crippen molar-refractivity contribution in [1.29, 1.82) is 0 Å². The van der Waals surface area contributed by atoms with E-state index in [1.54, 1.807) is 0 Å². The molecule has 1 saturated heterocycles. The van der Waals surface area contributed by atoms with Gasteiger partial charge in [-0.1, -0.05) is 0 Å². The Labute approximate surface area is 114 Å². The molecule has 2 rings (SSSR count). The molecular weight excluding hydrogens is 305 g/mol. The van der Waals surface area contributed by atoms with Gasteiger partial charge in [0.15, 0.2) is 17.5 Å². The van der Waals surface area contributed by atoms with Crippen LogP contribution in [-0.4, -0.2) is 31.9 Å². The topological polar surface area (TPSA) is 63.4 Å². The number of benzene rings is 1. The molecule has 0 saturated carbocycles. The van der Waals surface area contributed by atoms with E-state index in [-0.39, 0.29) is 31.5 Å². The number of sulfonamides is 1. The molecule has 1 aromatic rings. The summed E-state index contributed by atoms with van der Waals surface area (Å²) in [6.45, 7) is 0.183. The minimum Gasteiger partial charge on any atom is -0.326 e. The normalized spacial score (nSPS) is 20.3. The first-order chi connectivity index (χ1) is 8.34. The van der Waals surface area contributed by atoms with Crippen LogP contribution in [0.25, 0.3) is 0 Å². The molecule has 0 amide bonds. The maximum Gasteiger partial charge on any atom is 0.246 e. The molecule has 0 aliphatic carbocycles. The van der Waals surface area contributed by atoms with Gasteiger partial charge in [0.1, 0.15) is 4.90 Å². The third-order valence-electron chi connectivity index (χ3n) is 2.81. The summed E-state index contributed by atoms with van der Waals surface area (Å²) >= 11 is 0. The van der Waals surface area contributed by atoms with Gasteiger partial charge in [0.25, 0.3) is 0 Å². The molecule has 1 aliphatic rings. The second-order valence-electron chi connectivity index (χ2n) is 4.09. The Kier molecular flexibility index (Phi) is 4.83. The van der Waals surface area contributed by atoms with Crippen LogP contribution in [0, 0.1) is 17.5 Å². The fourth-order valence-corrected chi connectivity index (χ4v) is 3.39. The zero-order chi connectivity index (χ0) is 13.5.